The Morgan fingerprint density at radius 3 is 2.57 bits per heavy atom. The first-order chi connectivity index (χ1) is 11.1. The second-order valence-electron chi connectivity index (χ2n) is 5.65. The molecule has 0 saturated carbocycles. The van der Waals surface area contributed by atoms with Gasteiger partial charge in [-0.2, -0.15) is 0 Å². The highest BCUT2D eigenvalue weighted by molar-refractivity contribution is 7.19. The summed E-state index contributed by atoms with van der Waals surface area (Å²) in [5.74, 6) is 1.52. The van der Waals surface area contributed by atoms with Gasteiger partial charge in [0, 0.05) is 39.9 Å². The van der Waals surface area contributed by atoms with Crippen molar-refractivity contribution in [2.45, 2.75) is 20.8 Å². The second kappa shape index (κ2) is 5.28. The van der Waals surface area contributed by atoms with Gasteiger partial charge < -0.3 is 0 Å². The summed E-state index contributed by atoms with van der Waals surface area (Å²) in [6.45, 7) is 6.32. The van der Waals surface area contributed by atoms with E-state index in [2.05, 4.69) is 47.0 Å². The molecule has 3 heterocycles. The normalized spacial score (nSPS) is 11.3. The van der Waals surface area contributed by atoms with Crippen LogP contribution in [0.5, 0.6) is 0 Å². The van der Waals surface area contributed by atoms with Crippen molar-refractivity contribution in [2.24, 2.45) is 0 Å². The van der Waals surface area contributed by atoms with Crippen molar-refractivity contribution >= 4 is 21.4 Å². The summed E-state index contributed by atoms with van der Waals surface area (Å²) in [5.41, 5.74) is 3.51. The lowest BCUT2D eigenvalue weighted by molar-refractivity contribution is 0.926. The molecule has 0 spiro atoms. The molecule has 1 aromatic carbocycles. The molecular weight excluding hydrogens is 304 g/mol. The van der Waals surface area contributed by atoms with Crippen molar-refractivity contribution in [1.82, 2.24) is 19.5 Å². The number of rotatable bonds is 2. The van der Waals surface area contributed by atoms with Gasteiger partial charge in [-0.15, -0.1) is 11.3 Å². The van der Waals surface area contributed by atoms with Crippen LogP contribution in [0.2, 0.25) is 0 Å². The van der Waals surface area contributed by atoms with Gasteiger partial charge in [-0.3, -0.25) is 4.57 Å². The zero-order chi connectivity index (χ0) is 16.0. The number of fused-ring (bicyclic) bond motifs is 1. The Labute approximate surface area is 138 Å². The van der Waals surface area contributed by atoms with E-state index < -0.39 is 0 Å². The molecule has 114 valence electrons. The van der Waals surface area contributed by atoms with Crippen LogP contribution in [0.3, 0.4) is 0 Å². The molecule has 4 rings (SSSR count). The molecule has 0 aliphatic carbocycles. The molecule has 23 heavy (non-hydrogen) atoms. The van der Waals surface area contributed by atoms with Crippen molar-refractivity contribution in [3.05, 3.63) is 59.0 Å². The minimum atomic E-state index is 0.644. The fourth-order valence-corrected chi connectivity index (χ4v) is 3.88. The van der Waals surface area contributed by atoms with Crippen LogP contribution in [0.15, 0.2) is 43.0 Å². The number of imidazole rings is 1. The summed E-state index contributed by atoms with van der Waals surface area (Å²) in [4.78, 5) is 14.8. The minimum absolute atomic E-state index is 0.644. The van der Waals surface area contributed by atoms with Gasteiger partial charge in [0.1, 0.15) is 5.82 Å². The van der Waals surface area contributed by atoms with Crippen LogP contribution in [-0.4, -0.2) is 19.5 Å². The van der Waals surface area contributed by atoms with Crippen LogP contribution < -0.4 is 0 Å². The molecule has 4 nitrogen and oxygen atoms in total. The van der Waals surface area contributed by atoms with Gasteiger partial charge in [0.15, 0.2) is 0 Å². The Bertz CT molecular complexity index is 996. The maximum atomic E-state index is 4.56. The van der Waals surface area contributed by atoms with Gasteiger partial charge in [-0.05, 0) is 43.4 Å². The summed E-state index contributed by atoms with van der Waals surface area (Å²) in [5, 5.41) is 1.30. The molecule has 0 unspecified atom stereocenters. The first-order valence-electron chi connectivity index (χ1n) is 7.46. The molecule has 0 N–H and O–H groups in total. The third-order valence-corrected chi connectivity index (χ3v) is 5.32. The van der Waals surface area contributed by atoms with Crippen molar-refractivity contribution in [2.75, 3.05) is 0 Å². The Balaban J connectivity index is 1.95. The van der Waals surface area contributed by atoms with E-state index in [1.54, 1.807) is 6.20 Å². The summed E-state index contributed by atoms with van der Waals surface area (Å²) in [6.07, 6.45) is 7.36. The van der Waals surface area contributed by atoms with E-state index in [-0.39, 0.29) is 0 Å². The molecule has 0 atom stereocenters. The fraction of sp³-hybridized carbons (Fsp3) is 0.167. The molecule has 3 aromatic heterocycles. The quantitative estimate of drug-likeness (QED) is 0.547. The minimum Gasteiger partial charge on any atom is -0.268 e. The summed E-state index contributed by atoms with van der Waals surface area (Å²) in [6, 6.07) is 6.38. The monoisotopic (exact) mass is 320 g/mol. The lowest BCUT2D eigenvalue weighted by Gasteiger charge is -2.07. The topological polar surface area (TPSA) is 43.6 Å². The zero-order valence-corrected chi connectivity index (χ0v) is 14.1. The molecular formula is C18H16N4S. The van der Waals surface area contributed by atoms with Crippen LogP contribution in [0.1, 0.15) is 16.0 Å². The van der Waals surface area contributed by atoms with Crippen molar-refractivity contribution in [3.63, 3.8) is 0 Å². The molecule has 0 saturated heterocycles. The molecule has 0 bridgehead atoms. The van der Waals surface area contributed by atoms with Crippen LogP contribution in [-0.2, 0) is 0 Å². The van der Waals surface area contributed by atoms with E-state index in [9.17, 15) is 0 Å². The highest BCUT2D eigenvalue weighted by Gasteiger charge is 2.15. The van der Waals surface area contributed by atoms with Gasteiger partial charge >= 0.3 is 0 Å². The predicted octanol–water partition coefficient (Wildman–Crippen LogP) is 4.47. The Hall–Kier alpha value is -2.53. The van der Waals surface area contributed by atoms with Gasteiger partial charge in [0.25, 0.3) is 0 Å². The molecule has 0 radical (unpaired) electrons. The number of aryl methyl sites for hydroxylation is 3. The average Bonchev–Trinajstić information content (AvgIpc) is 3.14. The molecule has 4 aromatic rings. The molecule has 0 fully saturated rings. The molecule has 5 heteroatoms. The summed E-state index contributed by atoms with van der Waals surface area (Å²) < 4.78 is 3.21. The molecule has 0 aliphatic heterocycles. The number of thiophene rings is 1. The lowest BCUT2D eigenvalue weighted by atomic mass is 10.1. The van der Waals surface area contributed by atoms with E-state index in [1.807, 2.05) is 41.4 Å². The number of aromatic nitrogens is 4. The average molecular weight is 320 g/mol. The standard InChI is InChI=1S/C18H16N4S/c1-11-9-20-18(21-10-11)22-8-7-19-17(22)15-6-4-5-14-12(2)13(3)23-16(14)15/h4-10H,1-3H3. The van der Waals surface area contributed by atoms with Crippen LogP contribution >= 0.6 is 11.3 Å². The maximum absolute atomic E-state index is 4.56. The second-order valence-corrected chi connectivity index (χ2v) is 6.87. The van der Waals surface area contributed by atoms with E-state index in [1.165, 1.54) is 20.5 Å². The highest BCUT2D eigenvalue weighted by Crippen LogP contribution is 2.37. The Kier molecular flexibility index (Phi) is 3.23. The number of nitrogens with zero attached hydrogens (tertiary/aromatic N) is 4. The van der Waals surface area contributed by atoms with Gasteiger partial charge in [0.2, 0.25) is 5.95 Å². The molecule has 0 amide bonds. The highest BCUT2D eigenvalue weighted by atomic mass is 32.1. The van der Waals surface area contributed by atoms with E-state index in [0.717, 1.165) is 17.0 Å². The summed E-state index contributed by atoms with van der Waals surface area (Å²) in [7, 11) is 0. The SMILES string of the molecule is Cc1cnc(-n2ccnc2-c2cccc3c(C)c(C)sc23)nc1. The van der Waals surface area contributed by atoms with Crippen molar-refractivity contribution < 1.29 is 0 Å². The van der Waals surface area contributed by atoms with Gasteiger partial charge in [-0.1, -0.05) is 12.1 Å². The number of benzene rings is 1. The Morgan fingerprint density at radius 2 is 1.78 bits per heavy atom. The van der Waals surface area contributed by atoms with Crippen molar-refractivity contribution in [3.8, 4) is 17.3 Å². The van der Waals surface area contributed by atoms with Gasteiger partial charge in [-0.25, -0.2) is 15.0 Å². The third kappa shape index (κ3) is 2.24. The van der Waals surface area contributed by atoms with Gasteiger partial charge in [0.05, 0.1) is 0 Å². The van der Waals surface area contributed by atoms with E-state index in [0.29, 0.717) is 5.95 Å². The van der Waals surface area contributed by atoms with Crippen LogP contribution in [0.4, 0.5) is 0 Å². The zero-order valence-electron chi connectivity index (χ0n) is 13.2. The smallest absolute Gasteiger partial charge is 0.235 e. The van der Waals surface area contributed by atoms with Crippen molar-refractivity contribution in [1.29, 1.82) is 0 Å². The lowest BCUT2D eigenvalue weighted by Crippen LogP contribution is -2.02. The van der Waals surface area contributed by atoms with E-state index >= 15 is 0 Å². The summed E-state index contributed by atoms with van der Waals surface area (Å²) >= 11 is 1.82. The van der Waals surface area contributed by atoms with Crippen LogP contribution in [0, 0.1) is 20.8 Å². The van der Waals surface area contributed by atoms with Crippen LogP contribution in [0.25, 0.3) is 27.4 Å². The van der Waals surface area contributed by atoms with E-state index in [4.69, 9.17) is 0 Å². The fourth-order valence-electron chi connectivity index (χ4n) is 2.71. The molecule has 0 aliphatic rings. The largest absolute Gasteiger partial charge is 0.268 e. The maximum Gasteiger partial charge on any atom is 0.235 e. The first-order valence-corrected chi connectivity index (χ1v) is 8.28. The number of hydrogen-bond donors (Lipinski definition) is 0. The predicted molar refractivity (Wildman–Crippen MR) is 94.2 cm³/mol. The number of hydrogen-bond acceptors (Lipinski definition) is 4. The first kappa shape index (κ1) is 14.1. The Morgan fingerprint density at radius 1 is 1.00 bits per heavy atom. The third-order valence-electron chi connectivity index (χ3n) is 4.07.